The van der Waals surface area contributed by atoms with Gasteiger partial charge in [-0.3, -0.25) is 9.59 Å². The number of likely N-dealkylation sites (N-methyl/N-ethyl adjacent to an activating group) is 1. The van der Waals surface area contributed by atoms with E-state index >= 15 is 0 Å². The molecule has 7 nitrogen and oxygen atoms in total. The van der Waals surface area contributed by atoms with Gasteiger partial charge in [-0.15, -0.1) is 0 Å². The number of aryl methyl sites for hydroxylation is 1. The van der Waals surface area contributed by atoms with Gasteiger partial charge in [0.05, 0.1) is 20.1 Å². The summed E-state index contributed by atoms with van der Waals surface area (Å²) < 4.78 is 12.0. The number of methoxy groups -OCH3 is 2. The smallest absolute Gasteiger partial charge is 0.310 e. The summed E-state index contributed by atoms with van der Waals surface area (Å²) in [5, 5.41) is 9.66. The van der Waals surface area contributed by atoms with Gasteiger partial charge in [0.25, 0.3) is 5.91 Å². The minimum Gasteiger partial charge on any atom is -0.497 e. The molecule has 7 heteroatoms. The Morgan fingerprint density at radius 3 is 2.39 bits per heavy atom. The highest BCUT2D eigenvalue weighted by Gasteiger charge is 2.23. The molecule has 164 valence electrons. The number of benzene rings is 1. The largest absolute Gasteiger partial charge is 0.497 e. The van der Waals surface area contributed by atoms with Crippen LogP contribution in [0, 0.1) is 31.1 Å². The summed E-state index contributed by atoms with van der Waals surface area (Å²) in [6.07, 6.45) is 1.61. The molecule has 0 spiro atoms. The van der Waals surface area contributed by atoms with Crippen molar-refractivity contribution in [2.75, 3.05) is 27.3 Å². The topological polar surface area (TPSA) is 84.6 Å². The van der Waals surface area contributed by atoms with Gasteiger partial charge in [0.15, 0.2) is 0 Å². The summed E-state index contributed by atoms with van der Waals surface area (Å²) in [6, 6.07) is 11.6. The fraction of sp³-hybridized carbons (Fsp3) is 0.375. The third-order valence-electron chi connectivity index (χ3n) is 5.22. The highest BCUT2D eigenvalue weighted by Crippen LogP contribution is 2.24. The second kappa shape index (κ2) is 10.5. The second-order valence-electron chi connectivity index (χ2n) is 7.30. The standard InChI is InChI=1S/C24H29N3O4/c1-7-26(15-16(2)24(29)31-6)23(28)20(14-25)13-19-12-17(3)27(18(19)4)21-8-10-22(30-5)11-9-21/h8-13,16H,7,15H2,1-6H3/b20-13+. The van der Waals surface area contributed by atoms with Crippen LogP contribution in [0.1, 0.15) is 30.8 Å². The maximum Gasteiger partial charge on any atom is 0.310 e. The summed E-state index contributed by atoms with van der Waals surface area (Å²) in [6.45, 7) is 7.99. The molecule has 0 aliphatic carbocycles. The van der Waals surface area contributed by atoms with Crippen molar-refractivity contribution in [2.24, 2.45) is 5.92 Å². The number of esters is 1. The summed E-state index contributed by atoms with van der Waals surface area (Å²) in [5.74, 6) is -0.509. The number of carbonyl (C=O) groups is 2. The van der Waals surface area contributed by atoms with Gasteiger partial charge in [-0.25, -0.2) is 0 Å². The highest BCUT2D eigenvalue weighted by molar-refractivity contribution is 6.02. The molecule has 1 amide bonds. The average molecular weight is 424 g/mol. The monoisotopic (exact) mass is 423 g/mol. The molecular formula is C24H29N3O4. The van der Waals surface area contributed by atoms with Crippen LogP contribution < -0.4 is 4.74 Å². The molecule has 2 aromatic rings. The van der Waals surface area contributed by atoms with Crippen molar-refractivity contribution < 1.29 is 19.1 Å². The van der Waals surface area contributed by atoms with Gasteiger partial charge in [0.1, 0.15) is 17.4 Å². The lowest BCUT2D eigenvalue weighted by Crippen LogP contribution is -2.37. The lowest BCUT2D eigenvalue weighted by Gasteiger charge is -2.23. The summed E-state index contributed by atoms with van der Waals surface area (Å²) >= 11 is 0. The molecule has 1 atom stereocenters. The molecular weight excluding hydrogens is 394 g/mol. The van der Waals surface area contributed by atoms with Gasteiger partial charge < -0.3 is 18.9 Å². The summed E-state index contributed by atoms with van der Waals surface area (Å²) in [5.41, 5.74) is 3.66. The third-order valence-corrected chi connectivity index (χ3v) is 5.22. The second-order valence-corrected chi connectivity index (χ2v) is 7.30. The fourth-order valence-electron chi connectivity index (χ4n) is 3.49. The minimum atomic E-state index is -0.478. The van der Waals surface area contributed by atoms with E-state index in [0.29, 0.717) is 6.54 Å². The van der Waals surface area contributed by atoms with Gasteiger partial charge in [-0.1, -0.05) is 6.92 Å². The Hall–Kier alpha value is -3.53. The molecule has 0 saturated carbocycles. The van der Waals surface area contributed by atoms with Crippen molar-refractivity contribution in [3.05, 3.63) is 52.9 Å². The first-order valence-electron chi connectivity index (χ1n) is 10.1. The Bertz CT molecular complexity index is 1010. The van der Waals surface area contributed by atoms with Crippen molar-refractivity contribution in [3.8, 4) is 17.5 Å². The van der Waals surface area contributed by atoms with Crippen LogP contribution in [-0.4, -0.2) is 48.7 Å². The number of aromatic nitrogens is 1. The van der Waals surface area contributed by atoms with E-state index in [2.05, 4.69) is 4.57 Å². The number of hydrogen-bond acceptors (Lipinski definition) is 5. The van der Waals surface area contributed by atoms with Gasteiger partial charge in [0.2, 0.25) is 0 Å². The number of amides is 1. The van der Waals surface area contributed by atoms with Gasteiger partial charge in [-0.05, 0) is 62.7 Å². The number of ether oxygens (including phenoxy) is 2. The number of carbonyl (C=O) groups excluding carboxylic acids is 2. The Morgan fingerprint density at radius 2 is 1.87 bits per heavy atom. The zero-order valence-corrected chi connectivity index (χ0v) is 18.9. The lowest BCUT2D eigenvalue weighted by atomic mass is 10.1. The highest BCUT2D eigenvalue weighted by atomic mass is 16.5. The van der Waals surface area contributed by atoms with Crippen LogP contribution >= 0.6 is 0 Å². The summed E-state index contributed by atoms with van der Waals surface area (Å²) in [4.78, 5) is 26.2. The van der Waals surface area contributed by atoms with E-state index in [1.54, 1.807) is 20.1 Å². The molecule has 0 fully saturated rings. The van der Waals surface area contributed by atoms with E-state index in [4.69, 9.17) is 9.47 Å². The minimum absolute atomic E-state index is 0.0221. The van der Waals surface area contributed by atoms with Crippen LogP contribution in [0.2, 0.25) is 0 Å². The quantitative estimate of drug-likeness (QED) is 0.367. The molecule has 1 heterocycles. The van der Waals surface area contributed by atoms with Crippen LogP contribution in [0.15, 0.2) is 35.9 Å². The fourth-order valence-corrected chi connectivity index (χ4v) is 3.49. The van der Waals surface area contributed by atoms with Gasteiger partial charge in [-0.2, -0.15) is 5.26 Å². The van der Waals surface area contributed by atoms with Crippen LogP contribution in [0.3, 0.4) is 0 Å². The van der Waals surface area contributed by atoms with E-state index in [1.165, 1.54) is 12.0 Å². The van der Waals surface area contributed by atoms with Gasteiger partial charge in [0, 0.05) is 30.2 Å². The Labute approximate surface area is 183 Å². The normalized spacial score (nSPS) is 12.1. The van der Waals surface area contributed by atoms with Crippen molar-refractivity contribution in [2.45, 2.75) is 27.7 Å². The van der Waals surface area contributed by atoms with E-state index < -0.39 is 17.8 Å². The van der Waals surface area contributed by atoms with Crippen LogP contribution in [0.5, 0.6) is 5.75 Å². The zero-order valence-electron chi connectivity index (χ0n) is 18.9. The zero-order chi connectivity index (χ0) is 23.1. The van der Waals surface area contributed by atoms with Crippen molar-refractivity contribution in [1.82, 2.24) is 9.47 Å². The molecule has 0 saturated heterocycles. The van der Waals surface area contributed by atoms with Crippen LogP contribution in [0.4, 0.5) is 0 Å². The first kappa shape index (κ1) is 23.7. The molecule has 0 radical (unpaired) electrons. The Kier molecular flexibility index (Phi) is 8.03. The number of nitrogens with zero attached hydrogens (tertiary/aromatic N) is 3. The number of hydrogen-bond donors (Lipinski definition) is 0. The maximum absolute atomic E-state index is 13.0. The van der Waals surface area contributed by atoms with Crippen LogP contribution in [0.25, 0.3) is 11.8 Å². The molecule has 1 unspecified atom stereocenters. The Morgan fingerprint density at radius 1 is 1.23 bits per heavy atom. The van der Waals surface area contributed by atoms with Gasteiger partial charge >= 0.3 is 5.97 Å². The third kappa shape index (κ3) is 5.34. The number of rotatable bonds is 8. The van der Waals surface area contributed by atoms with E-state index in [-0.39, 0.29) is 12.1 Å². The predicted molar refractivity (Wildman–Crippen MR) is 119 cm³/mol. The molecule has 0 aliphatic rings. The summed E-state index contributed by atoms with van der Waals surface area (Å²) in [7, 11) is 2.94. The molecule has 2 rings (SSSR count). The van der Waals surface area contributed by atoms with E-state index in [0.717, 1.165) is 28.4 Å². The van der Waals surface area contributed by atoms with Crippen molar-refractivity contribution >= 4 is 18.0 Å². The lowest BCUT2D eigenvalue weighted by molar-refractivity contribution is -0.146. The molecule has 1 aromatic carbocycles. The van der Waals surface area contributed by atoms with E-state index in [1.807, 2.05) is 57.2 Å². The first-order valence-corrected chi connectivity index (χ1v) is 10.1. The average Bonchev–Trinajstić information content (AvgIpc) is 3.07. The molecule has 1 aromatic heterocycles. The SMILES string of the molecule is CCN(CC(C)C(=O)OC)C(=O)/C(C#N)=C/c1cc(C)n(-c2ccc(OC)cc2)c1C. The van der Waals surface area contributed by atoms with Crippen molar-refractivity contribution in [1.29, 1.82) is 5.26 Å². The maximum atomic E-state index is 13.0. The predicted octanol–water partition coefficient (Wildman–Crippen LogP) is 3.67. The molecule has 31 heavy (non-hydrogen) atoms. The van der Waals surface area contributed by atoms with Crippen LogP contribution in [-0.2, 0) is 14.3 Å². The van der Waals surface area contributed by atoms with Crippen molar-refractivity contribution in [3.63, 3.8) is 0 Å². The number of nitriles is 1. The molecule has 0 bridgehead atoms. The first-order chi connectivity index (χ1) is 14.8. The van der Waals surface area contributed by atoms with E-state index in [9.17, 15) is 14.9 Å². The molecule has 0 aliphatic heterocycles. The Balaban J connectivity index is 2.36. The molecule has 0 N–H and O–H groups in total.